The molecule has 0 aromatic rings. The third-order valence-electron chi connectivity index (χ3n) is 0.893. The zero-order valence-electron chi connectivity index (χ0n) is 5.86. The Labute approximate surface area is 78.4 Å². The van der Waals surface area contributed by atoms with Gasteiger partial charge in [-0.2, -0.15) is 0 Å². The van der Waals surface area contributed by atoms with Crippen LogP contribution in [0.25, 0.3) is 0 Å². The van der Waals surface area contributed by atoms with Gasteiger partial charge in [-0.25, -0.2) is 0 Å². The van der Waals surface area contributed by atoms with Crippen LogP contribution in [0.4, 0.5) is 0 Å². The van der Waals surface area contributed by atoms with Crippen LogP contribution in [0.3, 0.4) is 0 Å². The zero-order chi connectivity index (χ0) is 7.98. The Kier molecular flexibility index (Phi) is 5.91. The van der Waals surface area contributed by atoms with Crippen molar-refractivity contribution >= 4 is 30.3 Å². The van der Waals surface area contributed by atoms with Gasteiger partial charge in [0, 0.05) is 36.0 Å². The lowest BCUT2D eigenvalue weighted by Gasteiger charge is -2.04. The summed E-state index contributed by atoms with van der Waals surface area (Å²) in [5, 5.41) is 0. The molecule has 0 aliphatic heterocycles. The van der Waals surface area contributed by atoms with Gasteiger partial charge in [-0.3, -0.25) is 0 Å². The van der Waals surface area contributed by atoms with Crippen LogP contribution < -0.4 is 4.72 Å². The van der Waals surface area contributed by atoms with Gasteiger partial charge < -0.3 is 4.72 Å². The molecule has 0 radical (unpaired) electrons. The number of halogens is 1. The van der Waals surface area contributed by atoms with E-state index in [0.29, 0.717) is 0 Å². The Morgan fingerprint density at radius 3 is 2.60 bits per heavy atom. The van der Waals surface area contributed by atoms with E-state index in [-0.39, 0.29) is 0 Å². The summed E-state index contributed by atoms with van der Waals surface area (Å²) in [5.74, 6) is 0. The van der Waals surface area contributed by atoms with E-state index in [1.807, 2.05) is 13.0 Å². The maximum atomic E-state index is 3.80. The van der Waals surface area contributed by atoms with Crippen molar-refractivity contribution in [1.82, 2.24) is 4.72 Å². The number of nitrogens with one attached hydrogen (secondary N) is 1. The maximum absolute atomic E-state index is 3.80. The second-order valence-corrected chi connectivity index (χ2v) is 3.46. The fourth-order valence-electron chi connectivity index (χ4n) is 0.423. The van der Waals surface area contributed by atoms with Gasteiger partial charge in [0.1, 0.15) is 0 Å². The predicted molar refractivity (Wildman–Crippen MR) is 57.8 cm³/mol. The summed E-state index contributed by atoms with van der Waals surface area (Å²) in [7, 11) is 1.52. The van der Waals surface area contributed by atoms with Gasteiger partial charge in [0.05, 0.1) is 0 Å². The summed E-state index contributed by atoms with van der Waals surface area (Å²) >= 11 is 2.16. The molecule has 3 heteroatoms. The van der Waals surface area contributed by atoms with Crippen molar-refractivity contribution in [1.29, 1.82) is 0 Å². The van der Waals surface area contributed by atoms with Crippen molar-refractivity contribution in [2.75, 3.05) is 0 Å². The largest absolute Gasteiger partial charge is 0.321 e. The van der Waals surface area contributed by atoms with E-state index in [1.54, 1.807) is 6.08 Å². The summed E-state index contributed by atoms with van der Waals surface area (Å²) in [6, 6.07) is 0. The normalized spacial score (nSPS) is 10.8. The minimum atomic E-state index is 1.02. The molecule has 0 amide bonds. The zero-order valence-corrected chi connectivity index (χ0v) is 8.83. The van der Waals surface area contributed by atoms with E-state index in [2.05, 4.69) is 39.1 Å². The van der Waals surface area contributed by atoms with Crippen LogP contribution >= 0.6 is 30.3 Å². The fourth-order valence-corrected chi connectivity index (χ4v) is 1.46. The lowest BCUT2D eigenvalue weighted by Crippen LogP contribution is -2.00. The monoisotopic (exact) mass is 267 g/mol. The standard InChI is InChI=1S/C7H10INS/c1-4-5-7(6(2)3)9-10-8/h4-5,9H,1-2H2,3H3/b7-5+. The van der Waals surface area contributed by atoms with Crippen LogP contribution in [0.15, 0.2) is 36.6 Å². The fraction of sp³-hybridized carbons (Fsp3) is 0.143. The first-order valence-corrected chi connectivity index (χ1v) is 6.10. The Hall–Kier alpha value is 0.100. The second kappa shape index (κ2) is 5.85. The highest BCUT2D eigenvalue weighted by atomic mass is 127. The minimum Gasteiger partial charge on any atom is -0.321 e. The molecule has 0 heterocycles. The number of allylic oxidation sites excluding steroid dienone is 3. The van der Waals surface area contributed by atoms with Crippen LogP contribution in [0.5, 0.6) is 0 Å². The molecule has 0 spiro atoms. The summed E-state index contributed by atoms with van der Waals surface area (Å²) in [6.07, 6.45) is 3.64. The molecule has 0 bridgehead atoms. The first-order valence-electron chi connectivity index (χ1n) is 2.74. The molecule has 0 fully saturated rings. The van der Waals surface area contributed by atoms with Gasteiger partial charge in [0.15, 0.2) is 0 Å². The van der Waals surface area contributed by atoms with Crippen LogP contribution in [0, 0.1) is 0 Å². The number of rotatable bonds is 4. The molecule has 0 saturated heterocycles. The molecule has 0 aliphatic rings. The average molecular weight is 267 g/mol. The van der Waals surface area contributed by atoms with Crippen LogP contribution in [0.2, 0.25) is 0 Å². The van der Waals surface area contributed by atoms with Gasteiger partial charge in [0.25, 0.3) is 0 Å². The van der Waals surface area contributed by atoms with E-state index in [0.717, 1.165) is 11.3 Å². The second-order valence-electron chi connectivity index (χ2n) is 1.78. The molecule has 0 atom stereocenters. The summed E-state index contributed by atoms with van der Waals surface area (Å²) in [5.41, 5.74) is 2.04. The third kappa shape index (κ3) is 4.00. The molecule has 0 saturated carbocycles. The Bertz CT molecular complexity index is 163. The Morgan fingerprint density at radius 2 is 2.30 bits per heavy atom. The first-order chi connectivity index (χ1) is 4.72. The van der Waals surface area contributed by atoms with E-state index in [1.165, 1.54) is 9.12 Å². The molecule has 1 nitrogen and oxygen atoms in total. The molecule has 56 valence electrons. The SMILES string of the molecule is C=C/C=C(/NSI)C(=C)C. The molecule has 10 heavy (non-hydrogen) atoms. The van der Waals surface area contributed by atoms with Crippen LogP contribution in [-0.4, -0.2) is 0 Å². The third-order valence-corrected chi connectivity index (χ3v) is 1.85. The molecular formula is C7H10INS. The van der Waals surface area contributed by atoms with Gasteiger partial charge in [0.2, 0.25) is 0 Å². The van der Waals surface area contributed by atoms with Gasteiger partial charge in [-0.05, 0) is 18.6 Å². The van der Waals surface area contributed by atoms with Gasteiger partial charge in [-0.15, -0.1) is 0 Å². The highest BCUT2D eigenvalue weighted by Crippen LogP contribution is 2.12. The minimum absolute atomic E-state index is 1.02. The predicted octanol–water partition coefficient (Wildman–Crippen LogP) is 3.22. The van der Waals surface area contributed by atoms with Crippen molar-refractivity contribution in [2.24, 2.45) is 0 Å². The molecule has 0 unspecified atom stereocenters. The molecule has 0 rings (SSSR count). The highest BCUT2D eigenvalue weighted by Gasteiger charge is 1.92. The maximum Gasteiger partial charge on any atom is 0.0470 e. The number of hydrogen-bond acceptors (Lipinski definition) is 2. The molecular weight excluding hydrogens is 257 g/mol. The topological polar surface area (TPSA) is 12.0 Å². The summed E-state index contributed by atoms with van der Waals surface area (Å²) < 4.78 is 3.08. The van der Waals surface area contributed by atoms with Crippen LogP contribution in [0.1, 0.15) is 6.92 Å². The van der Waals surface area contributed by atoms with E-state index < -0.39 is 0 Å². The quantitative estimate of drug-likeness (QED) is 0.477. The molecule has 0 aromatic carbocycles. The van der Waals surface area contributed by atoms with Crippen LogP contribution in [-0.2, 0) is 0 Å². The highest BCUT2D eigenvalue weighted by molar-refractivity contribution is 14.2. The summed E-state index contributed by atoms with van der Waals surface area (Å²) in [4.78, 5) is 0. The van der Waals surface area contributed by atoms with E-state index in [4.69, 9.17) is 0 Å². The Balaban J connectivity index is 4.11. The number of hydrogen-bond donors (Lipinski definition) is 1. The molecule has 0 aromatic heterocycles. The molecule has 0 aliphatic carbocycles. The van der Waals surface area contributed by atoms with Crippen molar-refractivity contribution in [3.05, 3.63) is 36.6 Å². The van der Waals surface area contributed by atoms with Crippen molar-refractivity contribution in [3.63, 3.8) is 0 Å². The lowest BCUT2D eigenvalue weighted by molar-refractivity contribution is 1.22. The van der Waals surface area contributed by atoms with E-state index in [9.17, 15) is 0 Å². The van der Waals surface area contributed by atoms with Crippen molar-refractivity contribution in [2.45, 2.75) is 6.92 Å². The lowest BCUT2D eigenvalue weighted by atomic mass is 10.2. The van der Waals surface area contributed by atoms with E-state index >= 15 is 0 Å². The summed E-state index contributed by atoms with van der Waals surface area (Å²) in [6.45, 7) is 9.35. The molecule has 1 N–H and O–H groups in total. The van der Waals surface area contributed by atoms with Crippen molar-refractivity contribution in [3.8, 4) is 0 Å². The van der Waals surface area contributed by atoms with Gasteiger partial charge >= 0.3 is 0 Å². The van der Waals surface area contributed by atoms with Gasteiger partial charge in [-0.1, -0.05) is 19.2 Å². The smallest absolute Gasteiger partial charge is 0.0470 e. The Morgan fingerprint density at radius 1 is 1.70 bits per heavy atom. The first kappa shape index (κ1) is 10.1. The van der Waals surface area contributed by atoms with Crippen molar-refractivity contribution < 1.29 is 0 Å². The average Bonchev–Trinajstić information content (AvgIpc) is 1.87.